The van der Waals surface area contributed by atoms with Crippen molar-refractivity contribution in [2.45, 2.75) is 38.8 Å². The Bertz CT molecular complexity index is 790. The first kappa shape index (κ1) is 25.4. The second-order valence-electron chi connectivity index (χ2n) is 7.56. The van der Waals surface area contributed by atoms with Gasteiger partial charge in [-0.05, 0) is 26.3 Å². The highest BCUT2D eigenvalue weighted by Gasteiger charge is 2.21. The first-order valence-corrected chi connectivity index (χ1v) is 9.52. The lowest BCUT2D eigenvalue weighted by Gasteiger charge is -2.19. The molecule has 1 aromatic carbocycles. The molecular formula is C20H28N4O7. The minimum absolute atomic E-state index is 0.0938. The predicted octanol–water partition coefficient (Wildman–Crippen LogP) is -0.444. The second-order valence-corrected chi connectivity index (χ2v) is 7.56. The molecule has 170 valence electrons. The molecule has 0 aliphatic carbocycles. The van der Waals surface area contributed by atoms with Crippen molar-refractivity contribution in [1.82, 2.24) is 21.3 Å². The van der Waals surface area contributed by atoms with Crippen molar-refractivity contribution in [3.05, 3.63) is 35.9 Å². The number of carbonyl (C=O) groups excluding carboxylic acids is 4. The summed E-state index contributed by atoms with van der Waals surface area (Å²) in [6.45, 7) is 3.76. The van der Waals surface area contributed by atoms with E-state index in [9.17, 15) is 29.1 Å². The minimum atomic E-state index is -1.20. The average Bonchev–Trinajstić information content (AvgIpc) is 2.68. The topological polar surface area (TPSA) is 163 Å². The van der Waals surface area contributed by atoms with Crippen LogP contribution in [-0.4, -0.2) is 66.2 Å². The van der Waals surface area contributed by atoms with E-state index in [1.807, 2.05) is 0 Å². The molecule has 11 nitrogen and oxygen atoms in total. The summed E-state index contributed by atoms with van der Waals surface area (Å²) in [5.74, 6) is -3.17. The Labute approximate surface area is 179 Å². The summed E-state index contributed by atoms with van der Waals surface area (Å²) in [6, 6.07) is 7.64. The van der Waals surface area contributed by atoms with Crippen molar-refractivity contribution in [2.75, 3.05) is 19.6 Å². The summed E-state index contributed by atoms with van der Waals surface area (Å²) in [4.78, 5) is 58.1. The zero-order chi connectivity index (χ0) is 23.4. The Kier molecular flexibility index (Phi) is 9.96. The number of carboxylic acids is 1. The van der Waals surface area contributed by atoms with Gasteiger partial charge in [0.05, 0.1) is 13.1 Å². The van der Waals surface area contributed by atoms with E-state index >= 15 is 0 Å². The molecule has 5 N–H and O–H groups in total. The van der Waals surface area contributed by atoms with Crippen LogP contribution in [0.1, 0.15) is 26.3 Å². The van der Waals surface area contributed by atoms with Crippen molar-refractivity contribution in [1.29, 1.82) is 0 Å². The summed E-state index contributed by atoms with van der Waals surface area (Å²) in [5.41, 5.74) is 0.0313. The number of carboxylic acid groups (broad SMARTS) is 1. The second kappa shape index (κ2) is 12.2. The summed E-state index contributed by atoms with van der Waals surface area (Å²) < 4.78 is 4.97. The van der Waals surface area contributed by atoms with Crippen LogP contribution < -0.4 is 21.3 Å². The lowest BCUT2D eigenvalue weighted by atomic mass is 10.1. The van der Waals surface area contributed by atoms with Gasteiger partial charge in [0.1, 0.15) is 18.2 Å². The Morgan fingerprint density at radius 2 is 1.39 bits per heavy atom. The largest absolute Gasteiger partial charge is 0.480 e. The zero-order valence-electron chi connectivity index (χ0n) is 17.7. The molecule has 1 rings (SSSR count). The number of amides is 4. The highest BCUT2D eigenvalue weighted by molar-refractivity contribution is 5.90. The van der Waals surface area contributed by atoms with E-state index in [0.29, 0.717) is 0 Å². The first-order chi connectivity index (χ1) is 14.5. The van der Waals surface area contributed by atoms with E-state index in [2.05, 4.69) is 21.3 Å². The average molecular weight is 436 g/mol. The molecule has 0 heterocycles. The molecule has 0 spiro atoms. The smallest absolute Gasteiger partial charge is 0.408 e. The van der Waals surface area contributed by atoms with E-state index in [1.54, 1.807) is 51.1 Å². The first-order valence-electron chi connectivity index (χ1n) is 9.52. The number of carbonyl (C=O) groups is 5. The van der Waals surface area contributed by atoms with Crippen LogP contribution >= 0.6 is 0 Å². The van der Waals surface area contributed by atoms with Gasteiger partial charge in [0.2, 0.25) is 17.7 Å². The fourth-order valence-electron chi connectivity index (χ4n) is 2.24. The third-order valence-electron chi connectivity index (χ3n) is 3.60. The number of ether oxygens (including phenoxy) is 1. The summed E-state index contributed by atoms with van der Waals surface area (Å²) >= 11 is 0. The van der Waals surface area contributed by atoms with Crippen molar-refractivity contribution >= 4 is 29.8 Å². The summed E-state index contributed by atoms with van der Waals surface area (Å²) in [7, 11) is 0. The summed E-state index contributed by atoms with van der Waals surface area (Å²) in [6.07, 6.45) is -0.677. The SMILES string of the molecule is CC(C)(C)OC(=O)NCC(=O)NCC(=O)NCC(=O)NC(Cc1ccccc1)C(=O)O. The predicted molar refractivity (Wildman–Crippen MR) is 110 cm³/mol. The number of aliphatic carboxylic acids is 1. The molecule has 0 aliphatic heterocycles. The van der Waals surface area contributed by atoms with Crippen molar-refractivity contribution in [3.8, 4) is 0 Å². The number of benzene rings is 1. The molecule has 0 saturated carbocycles. The van der Waals surface area contributed by atoms with Crippen LogP contribution in [0.15, 0.2) is 30.3 Å². The van der Waals surface area contributed by atoms with Gasteiger partial charge in [0.25, 0.3) is 0 Å². The number of nitrogens with one attached hydrogen (secondary N) is 4. The van der Waals surface area contributed by atoms with Gasteiger partial charge in [-0.15, -0.1) is 0 Å². The normalized spacial score (nSPS) is 11.6. The van der Waals surface area contributed by atoms with Gasteiger partial charge in [-0.1, -0.05) is 30.3 Å². The highest BCUT2D eigenvalue weighted by Crippen LogP contribution is 2.06. The minimum Gasteiger partial charge on any atom is -0.480 e. The molecule has 11 heteroatoms. The molecule has 4 amide bonds. The Morgan fingerprint density at radius 1 is 0.871 bits per heavy atom. The Hall–Kier alpha value is -3.63. The van der Waals surface area contributed by atoms with Gasteiger partial charge >= 0.3 is 12.1 Å². The molecule has 0 aromatic heterocycles. The molecule has 1 unspecified atom stereocenters. The lowest BCUT2D eigenvalue weighted by Crippen LogP contribution is -2.48. The monoisotopic (exact) mass is 436 g/mol. The number of rotatable bonds is 10. The maximum Gasteiger partial charge on any atom is 0.408 e. The quantitative estimate of drug-likeness (QED) is 0.332. The van der Waals surface area contributed by atoms with Crippen LogP contribution in [0.25, 0.3) is 0 Å². The maximum absolute atomic E-state index is 11.9. The standard InChI is InChI=1S/C20H28N4O7/c1-20(2,3)31-19(30)23-11-16(26)21-10-15(25)22-12-17(27)24-14(18(28)29)9-13-7-5-4-6-8-13/h4-8,14H,9-12H2,1-3H3,(H,21,26)(H,22,25)(H,23,30)(H,24,27)(H,28,29). The zero-order valence-corrected chi connectivity index (χ0v) is 17.7. The van der Waals surface area contributed by atoms with Crippen LogP contribution in [0.3, 0.4) is 0 Å². The van der Waals surface area contributed by atoms with Gasteiger partial charge in [-0.2, -0.15) is 0 Å². The van der Waals surface area contributed by atoms with Gasteiger partial charge in [-0.25, -0.2) is 9.59 Å². The molecule has 0 saturated heterocycles. The Morgan fingerprint density at radius 3 is 1.90 bits per heavy atom. The molecule has 1 aromatic rings. The molecule has 0 radical (unpaired) electrons. The fourth-order valence-corrected chi connectivity index (χ4v) is 2.24. The summed E-state index contributed by atoms with van der Waals surface area (Å²) in [5, 5.41) is 18.4. The number of hydrogen-bond donors (Lipinski definition) is 5. The van der Waals surface area contributed by atoms with E-state index in [-0.39, 0.29) is 13.0 Å². The molecule has 31 heavy (non-hydrogen) atoms. The third kappa shape index (κ3) is 11.8. The molecule has 1 atom stereocenters. The van der Waals surface area contributed by atoms with Crippen molar-refractivity contribution in [3.63, 3.8) is 0 Å². The lowest BCUT2D eigenvalue weighted by molar-refractivity contribution is -0.141. The van der Waals surface area contributed by atoms with E-state index in [4.69, 9.17) is 4.74 Å². The van der Waals surface area contributed by atoms with Crippen LogP contribution in [-0.2, 0) is 30.3 Å². The van der Waals surface area contributed by atoms with E-state index in [1.165, 1.54) is 0 Å². The van der Waals surface area contributed by atoms with Crippen molar-refractivity contribution < 1.29 is 33.8 Å². The molecule has 0 fully saturated rings. The van der Waals surface area contributed by atoms with Gasteiger partial charge in [-0.3, -0.25) is 14.4 Å². The van der Waals surface area contributed by atoms with Gasteiger partial charge in [0, 0.05) is 6.42 Å². The molecule has 0 aliphatic rings. The maximum atomic E-state index is 11.9. The van der Waals surface area contributed by atoms with Crippen molar-refractivity contribution in [2.24, 2.45) is 0 Å². The Balaban J connectivity index is 2.31. The van der Waals surface area contributed by atoms with Crippen LogP contribution in [0, 0.1) is 0 Å². The van der Waals surface area contributed by atoms with E-state index in [0.717, 1.165) is 5.56 Å². The van der Waals surface area contributed by atoms with E-state index < -0.39 is 54.5 Å². The van der Waals surface area contributed by atoms with Gasteiger partial charge < -0.3 is 31.1 Å². The third-order valence-corrected chi connectivity index (χ3v) is 3.60. The van der Waals surface area contributed by atoms with Crippen LogP contribution in [0.2, 0.25) is 0 Å². The molecular weight excluding hydrogens is 408 g/mol. The van der Waals surface area contributed by atoms with Gasteiger partial charge in [0.15, 0.2) is 0 Å². The van der Waals surface area contributed by atoms with Crippen LogP contribution in [0.5, 0.6) is 0 Å². The fraction of sp³-hybridized carbons (Fsp3) is 0.450. The van der Waals surface area contributed by atoms with Crippen LogP contribution in [0.4, 0.5) is 4.79 Å². The molecule has 0 bridgehead atoms. The number of hydrogen-bond acceptors (Lipinski definition) is 6. The highest BCUT2D eigenvalue weighted by atomic mass is 16.6. The number of alkyl carbamates (subject to hydrolysis) is 1.